The first-order valence-corrected chi connectivity index (χ1v) is 24.7. The minimum atomic E-state index is 0.764. The normalized spacial score (nSPS) is 13.4. The minimum absolute atomic E-state index is 0.764. The van der Waals surface area contributed by atoms with Crippen LogP contribution in [0.3, 0.4) is 0 Å². The summed E-state index contributed by atoms with van der Waals surface area (Å²) in [4.78, 5) is 4.37. The SMILES string of the molecule is Cc1ccc(N(c2ccc(C)cc2)c2cc3cc4oc(-c5cc6c7c(cc(-c8cc9cc%10oc(N(c%11ccc(C)cc%11)c%11ccc(C)cc%11)cc%10cc9o8)c8c7c5CCC8)CCC6)cc4cc3o2)cc1. The summed E-state index contributed by atoms with van der Waals surface area (Å²) in [6.45, 7) is 8.46. The molecular weight excluding hydrogens is 861 g/mol. The van der Waals surface area contributed by atoms with E-state index in [0.717, 1.165) is 128 Å². The number of anilines is 6. The highest BCUT2D eigenvalue weighted by atomic mass is 16.4. The van der Waals surface area contributed by atoms with E-state index in [0.29, 0.717) is 0 Å². The molecule has 340 valence electrons. The molecule has 0 aliphatic heterocycles. The summed E-state index contributed by atoms with van der Waals surface area (Å²) < 4.78 is 27.3. The average molecular weight is 911 g/mol. The fraction of sp³-hybridized carbons (Fsp3) is 0.156. The van der Waals surface area contributed by atoms with Crippen LogP contribution in [0.1, 0.15) is 57.3 Å². The summed E-state index contributed by atoms with van der Waals surface area (Å²) in [5.74, 6) is 3.35. The second kappa shape index (κ2) is 15.7. The second-order valence-electron chi connectivity index (χ2n) is 19.8. The van der Waals surface area contributed by atoms with Crippen molar-refractivity contribution in [1.29, 1.82) is 0 Å². The molecule has 70 heavy (non-hydrogen) atoms. The zero-order valence-corrected chi connectivity index (χ0v) is 39.8. The quantitative estimate of drug-likeness (QED) is 0.151. The zero-order valence-electron chi connectivity index (χ0n) is 39.8. The van der Waals surface area contributed by atoms with Crippen molar-refractivity contribution in [3.05, 3.63) is 202 Å². The van der Waals surface area contributed by atoms with Crippen LogP contribution < -0.4 is 9.80 Å². The van der Waals surface area contributed by atoms with Crippen molar-refractivity contribution in [2.45, 2.75) is 66.2 Å². The molecule has 12 aromatic rings. The van der Waals surface area contributed by atoms with Crippen LogP contribution in [-0.2, 0) is 25.7 Å². The maximum Gasteiger partial charge on any atom is 0.205 e. The van der Waals surface area contributed by atoms with Crippen LogP contribution in [0.4, 0.5) is 34.5 Å². The Bertz CT molecular complexity index is 3580. The third kappa shape index (κ3) is 6.68. The summed E-state index contributed by atoms with van der Waals surface area (Å²) >= 11 is 0. The standard InChI is InChI=1S/C64H50N2O4/c1-37-11-19-47(20-12-37)65(48-21-13-38(2)14-22-48)61-35-45-31-55-43(29-57(45)69-61)33-59(67-55)53-27-41-7-5-8-42-28-54(52-10-6-9-51(53)64(52)63(41)42)60-34-44-30-58-46(32-56(44)68-60)36-62(70-58)66(49-23-15-39(3)16-24-49)50-25-17-40(4)18-26-50/h11-36H,5-10H2,1-4H3. The molecule has 8 aromatic carbocycles. The number of benzene rings is 8. The summed E-state index contributed by atoms with van der Waals surface area (Å²) in [5, 5.41) is 6.93. The van der Waals surface area contributed by atoms with Gasteiger partial charge in [0, 0.05) is 67.6 Å². The Morgan fingerprint density at radius 3 is 1.03 bits per heavy atom. The largest absolute Gasteiger partial charge is 0.456 e. The van der Waals surface area contributed by atoms with E-state index in [-0.39, 0.29) is 0 Å². The molecule has 6 heteroatoms. The van der Waals surface area contributed by atoms with Crippen molar-refractivity contribution in [3.8, 4) is 22.6 Å². The lowest BCUT2D eigenvalue weighted by molar-refractivity contribution is 0.619. The van der Waals surface area contributed by atoms with E-state index in [1.165, 1.54) is 66.4 Å². The molecule has 0 atom stereocenters. The third-order valence-corrected chi connectivity index (χ3v) is 15.0. The van der Waals surface area contributed by atoms with Gasteiger partial charge >= 0.3 is 0 Å². The van der Waals surface area contributed by atoms with Gasteiger partial charge in [-0.25, -0.2) is 0 Å². The van der Waals surface area contributed by atoms with E-state index >= 15 is 0 Å². The topological polar surface area (TPSA) is 59.0 Å². The lowest BCUT2D eigenvalue weighted by Crippen LogP contribution is -2.11. The first-order valence-electron chi connectivity index (χ1n) is 24.7. The van der Waals surface area contributed by atoms with Crippen molar-refractivity contribution in [2.75, 3.05) is 9.80 Å². The van der Waals surface area contributed by atoms with Crippen LogP contribution in [0.5, 0.6) is 0 Å². The number of fused-ring (bicyclic) bond motifs is 4. The van der Waals surface area contributed by atoms with E-state index in [9.17, 15) is 0 Å². The molecule has 2 aliphatic rings. The molecule has 0 saturated heterocycles. The van der Waals surface area contributed by atoms with Gasteiger partial charge in [0.15, 0.2) is 0 Å². The molecule has 0 fully saturated rings. The molecule has 6 nitrogen and oxygen atoms in total. The van der Waals surface area contributed by atoms with Gasteiger partial charge in [0.1, 0.15) is 33.9 Å². The molecule has 0 unspecified atom stereocenters. The molecule has 14 rings (SSSR count). The molecule has 0 N–H and O–H groups in total. The van der Waals surface area contributed by atoms with E-state index in [4.69, 9.17) is 17.7 Å². The summed E-state index contributed by atoms with van der Waals surface area (Å²) in [5.41, 5.74) is 20.4. The number of furan rings is 4. The van der Waals surface area contributed by atoms with Crippen LogP contribution in [0, 0.1) is 27.7 Å². The predicted octanol–water partition coefficient (Wildman–Crippen LogP) is 18.3. The fourth-order valence-electron chi connectivity index (χ4n) is 11.4. The Kier molecular flexibility index (Phi) is 9.13. The van der Waals surface area contributed by atoms with Crippen molar-refractivity contribution >= 4 is 89.2 Å². The van der Waals surface area contributed by atoms with Crippen LogP contribution in [-0.4, -0.2) is 0 Å². The predicted molar refractivity (Wildman–Crippen MR) is 286 cm³/mol. The molecule has 0 radical (unpaired) electrons. The van der Waals surface area contributed by atoms with Gasteiger partial charge in [0.25, 0.3) is 0 Å². The third-order valence-electron chi connectivity index (χ3n) is 15.0. The molecule has 0 amide bonds. The van der Waals surface area contributed by atoms with E-state index < -0.39 is 0 Å². The van der Waals surface area contributed by atoms with Crippen molar-refractivity contribution < 1.29 is 17.7 Å². The van der Waals surface area contributed by atoms with Crippen LogP contribution >= 0.6 is 0 Å². The maximum absolute atomic E-state index is 6.91. The lowest BCUT2D eigenvalue weighted by Gasteiger charge is -2.28. The fourth-order valence-corrected chi connectivity index (χ4v) is 11.4. The Hall–Kier alpha value is -8.22. The van der Waals surface area contributed by atoms with Crippen molar-refractivity contribution in [2.24, 2.45) is 0 Å². The van der Waals surface area contributed by atoms with Crippen LogP contribution in [0.2, 0.25) is 0 Å². The number of rotatable bonds is 8. The van der Waals surface area contributed by atoms with Gasteiger partial charge < -0.3 is 17.7 Å². The first-order chi connectivity index (χ1) is 34.2. The van der Waals surface area contributed by atoms with E-state index in [2.05, 4.69) is 195 Å². The first kappa shape index (κ1) is 40.8. The van der Waals surface area contributed by atoms with E-state index in [1.54, 1.807) is 0 Å². The van der Waals surface area contributed by atoms with Crippen LogP contribution in [0.25, 0.3) is 77.3 Å². The van der Waals surface area contributed by atoms with Gasteiger partial charge in [-0.15, -0.1) is 0 Å². The Balaban J connectivity index is 0.846. The highest BCUT2D eigenvalue weighted by Crippen LogP contribution is 2.49. The number of aryl methyl sites for hydroxylation is 8. The second-order valence-corrected chi connectivity index (χ2v) is 19.8. The highest BCUT2D eigenvalue weighted by molar-refractivity contribution is 6.05. The molecule has 0 saturated carbocycles. The smallest absolute Gasteiger partial charge is 0.205 e. The summed E-state index contributed by atoms with van der Waals surface area (Å²) in [6.07, 6.45) is 6.28. The molecule has 0 bridgehead atoms. The molecule has 4 heterocycles. The van der Waals surface area contributed by atoms with Gasteiger partial charge in [0.05, 0.1) is 0 Å². The Morgan fingerprint density at radius 1 is 0.329 bits per heavy atom. The van der Waals surface area contributed by atoms with Gasteiger partial charge in [-0.3, -0.25) is 9.80 Å². The monoisotopic (exact) mass is 910 g/mol. The molecule has 2 aliphatic carbocycles. The highest BCUT2D eigenvalue weighted by Gasteiger charge is 2.29. The lowest BCUT2D eigenvalue weighted by atomic mass is 9.76. The summed E-state index contributed by atoms with van der Waals surface area (Å²) in [6, 6.07) is 56.6. The number of hydrogen-bond acceptors (Lipinski definition) is 6. The maximum atomic E-state index is 6.91. The minimum Gasteiger partial charge on any atom is -0.456 e. The van der Waals surface area contributed by atoms with Crippen molar-refractivity contribution in [3.63, 3.8) is 0 Å². The molecular formula is C64H50N2O4. The summed E-state index contributed by atoms with van der Waals surface area (Å²) in [7, 11) is 0. The number of nitrogens with zero attached hydrogens (tertiary/aromatic N) is 2. The van der Waals surface area contributed by atoms with Gasteiger partial charge in [-0.05, 0) is 196 Å². The van der Waals surface area contributed by atoms with Gasteiger partial charge in [-0.1, -0.05) is 70.8 Å². The Morgan fingerprint density at radius 2 is 0.657 bits per heavy atom. The molecule has 4 aromatic heterocycles. The number of hydrogen-bond donors (Lipinski definition) is 0. The van der Waals surface area contributed by atoms with E-state index in [1.807, 2.05) is 0 Å². The molecule has 0 spiro atoms. The van der Waals surface area contributed by atoms with Crippen molar-refractivity contribution in [1.82, 2.24) is 0 Å². The van der Waals surface area contributed by atoms with Gasteiger partial charge in [-0.2, -0.15) is 0 Å². The zero-order chi connectivity index (χ0) is 46.8. The average Bonchev–Trinajstić information content (AvgIpc) is 4.18. The van der Waals surface area contributed by atoms with Gasteiger partial charge in [0.2, 0.25) is 11.8 Å². The Labute approximate surface area is 406 Å². The van der Waals surface area contributed by atoms with Crippen LogP contribution in [0.15, 0.2) is 175 Å².